The number of nitrogens with one attached hydrogen (secondary N) is 1. The van der Waals surface area contributed by atoms with E-state index in [2.05, 4.69) is 34.5 Å². The van der Waals surface area contributed by atoms with Gasteiger partial charge in [-0.2, -0.15) is 0 Å². The molecule has 160 valence electrons. The van der Waals surface area contributed by atoms with Crippen LogP contribution in [0.2, 0.25) is 0 Å². The molecule has 2 aromatic carbocycles. The zero-order valence-corrected chi connectivity index (χ0v) is 19.0. The Morgan fingerprint density at radius 2 is 1.81 bits per heavy atom. The lowest BCUT2D eigenvalue weighted by molar-refractivity contribution is -0.122. The molecular formula is C22H19IN2O6. The van der Waals surface area contributed by atoms with Gasteiger partial charge in [0.1, 0.15) is 17.9 Å². The van der Waals surface area contributed by atoms with Gasteiger partial charge < -0.3 is 14.2 Å². The second kappa shape index (κ2) is 9.65. The fraction of sp³-hybridized carbons (Fsp3) is 0.136. The standard InChI is InChI=1S/C22H19IN2O6/c1-4-9-31-19-17(23)11-13(12-18(19)30-3)10-16-20(26)24-22(28)25(21(16)27)14-5-7-15(29-2)8-6-14/h4-8,10-12H,1,9H2,2-3H3,(H,24,26,28)/b16-10+. The Morgan fingerprint density at radius 1 is 1.10 bits per heavy atom. The van der Waals surface area contributed by atoms with Gasteiger partial charge in [-0.15, -0.1) is 0 Å². The normalized spacial score (nSPS) is 15.0. The van der Waals surface area contributed by atoms with Gasteiger partial charge in [-0.05, 0) is 70.6 Å². The first-order valence-corrected chi connectivity index (χ1v) is 10.1. The summed E-state index contributed by atoms with van der Waals surface area (Å²) < 4.78 is 16.8. The van der Waals surface area contributed by atoms with Gasteiger partial charge in [-0.1, -0.05) is 12.7 Å². The van der Waals surface area contributed by atoms with E-state index in [0.29, 0.717) is 35.1 Å². The van der Waals surface area contributed by atoms with Crippen molar-refractivity contribution >= 4 is 52.2 Å². The number of nitrogens with zero attached hydrogens (tertiary/aromatic N) is 1. The van der Waals surface area contributed by atoms with Gasteiger partial charge in [0.25, 0.3) is 11.8 Å². The lowest BCUT2D eigenvalue weighted by atomic mass is 10.1. The molecule has 9 heteroatoms. The molecule has 0 atom stereocenters. The van der Waals surface area contributed by atoms with Gasteiger partial charge in [0.2, 0.25) is 0 Å². The second-order valence-electron chi connectivity index (χ2n) is 6.29. The number of carbonyl (C=O) groups is 3. The molecule has 1 N–H and O–H groups in total. The van der Waals surface area contributed by atoms with Crippen LogP contribution in [0.4, 0.5) is 10.5 Å². The van der Waals surface area contributed by atoms with Crippen molar-refractivity contribution in [3.05, 3.63) is 63.8 Å². The molecule has 1 heterocycles. The minimum atomic E-state index is -0.822. The van der Waals surface area contributed by atoms with Crippen LogP contribution < -0.4 is 24.4 Å². The maximum Gasteiger partial charge on any atom is 0.335 e. The number of halogens is 1. The molecule has 0 aromatic heterocycles. The van der Waals surface area contributed by atoms with Crippen molar-refractivity contribution in [2.75, 3.05) is 25.7 Å². The lowest BCUT2D eigenvalue weighted by Gasteiger charge is -2.26. The lowest BCUT2D eigenvalue weighted by Crippen LogP contribution is -2.54. The van der Waals surface area contributed by atoms with Gasteiger partial charge in [-0.3, -0.25) is 14.9 Å². The summed E-state index contributed by atoms with van der Waals surface area (Å²) in [6.07, 6.45) is 3.02. The molecule has 2 aromatic rings. The quantitative estimate of drug-likeness (QED) is 0.253. The highest BCUT2D eigenvalue weighted by atomic mass is 127. The largest absolute Gasteiger partial charge is 0.497 e. The van der Waals surface area contributed by atoms with E-state index in [9.17, 15) is 14.4 Å². The van der Waals surface area contributed by atoms with Crippen molar-refractivity contribution < 1.29 is 28.6 Å². The van der Waals surface area contributed by atoms with Crippen LogP contribution in [0.5, 0.6) is 17.2 Å². The molecule has 0 saturated carbocycles. The maximum absolute atomic E-state index is 13.0. The Bertz CT molecular complexity index is 1080. The number of urea groups is 1. The van der Waals surface area contributed by atoms with Gasteiger partial charge >= 0.3 is 6.03 Å². The third-order valence-electron chi connectivity index (χ3n) is 4.34. The summed E-state index contributed by atoms with van der Waals surface area (Å²) in [7, 11) is 3.00. The highest BCUT2D eigenvalue weighted by Crippen LogP contribution is 2.35. The predicted molar refractivity (Wildman–Crippen MR) is 123 cm³/mol. The molecule has 1 aliphatic rings. The monoisotopic (exact) mass is 534 g/mol. The summed E-state index contributed by atoms with van der Waals surface area (Å²) in [5, 5.41) is 2.20. The Kier molecular flexibility index (Phi) is 6.95. The number of anilines is 1. The summed E-state index contributed by atoms with van der Waals surface area (Å²) in [6.45, 7) is 3.92. The van der Waals surface area contributed by atoms with Crippen LogP contribution in [0.1, 0.15) is 5.56 Å². The zero-order chi connectivity index (χ0) is 22.5. The molecule has 3 rings (SSSR count). The number of methoxy groups -OCH3 is 2. The van der Waals surface area contributed by atoms with Crippen LogP contribution in [0.15, 0.2) is 54.6 Å². The number of hydrogen-bond donors (Lipinski definition) is 1. The van der Waals surface area contributed by atoms with E-state index in [4.69, 9.17) is 14.2 Å². The topological polar surface area (TPSA) is 94.2 Å². The number of ether oxygens (including phenoxy) is 3. The number of rotatable bonds is 7. The van der Waals surface area contributed by atoms with Crippen molar-refractivity contribution in [3.8, 4) is 17.2 Å². The Balaban J connectivity index is 1.99. The Hall–Kier alpha value is -3.34. The molecule has 0 bridgehead atoms. The smallest absolute Gasteiger partial charge is 0.335 e. The summed E-state index contributed by atoms with van der Waals surface area (Å²) in [6, 6.07) is 8.90. The van der Waals surface area contributed by atoms with Gasteiger partial charge in [-0.25, -0.2) is 9.69 Å². The van der Waals surface area contributed by atoms with Gasteiger partial charge in [0, 0.05) is 0 Å². The highest BCUT2D eigenvalue weighted by molar-refractivity contribution is 14.1. The minimum absolute atomic E-state index is 0.187. The molecule has 1 saturated heterocycles. The van der Waals surface area contributed by atoms with E-state index in [-0.39, 0.29) is 5.57 Å². The number of hydrogen-bond acceptors (Lipinski definition) is 6. The van der Waals surface area contributed by atoms with Crippen molar-refractivity contribution in [2.45, 2.75) is 0 Å². The van der Waals surface area contributed by atoms with Crippen molar-refractivity contribution in [2.24, 2.45) is 0 Å². The molecule has 0 radical (unpaired) electrons. The Morgan fingerprint density at radius 3 is 2.42 bits per heavy atom. The van der Waals surface area contributed by atoms with Crippen LogP contribution in [0.25, 0.3) is 6.08 Å². The molecular weight excluding hydrogens is 515 g/mol. The first-order valence-electron chi connectivity index (χ1n) is 9.06. The first-order chi connectivity index (χ1) is 14.9. The fourth-order valence-electron chi connectivity index (χ4n) is 2.90. The SMILES string of the molecule is C=CCOc1c(I)cc(/C=C2\C(=O)NC(=O)N(c3ccc(OC)cc3)C2=O)cc1OC. The molecule has 8 nitrogen and oxygen atoms in total. The van der Waals surface area contributed by atoms with E-state index in [0.717, 1.165) is 8.47 Å². The van der Waals surface area contributed by atoms with Crippen molar-refractivity contribution in [3.63, 3.8) is 0 Å². The molecule has 4 amide bonds. The molecule has 1 fully saturated rings. The molecule has 0 spiro atoms. The number of amides is 4. The first kappa shape index (κ1) is 22.3. The summed E-state index contributed by atoms with van der Waals surface area (Å²) in [5.74, 6) is 0.0217. The van der Waals surface area contributed by atoms with E-state index in [1.807, 2.05) is 0 Å². The second-order valence-corrected chi connectivity index (χ2v) is 7.45. The average molecular weight is 534 g/mol. The molecule has 31 heavy (non-hydrogen) atoms. The molecule has 0 unspecified atom stereocenters. The summed E-state index contributed by atoms with van der Waals surface area (Å²) >= 11 is 2.07. The summed E-state index contributed by atoms with van der Waals surface area (Å²) in [4.78, 5) is 38.7. The zero-order valence-electron chi connectivity index (χ0n) is 16.8. The van der Waals surface area contributed by atoms with Crippen LogP contribution in [0.3, 0.4) is 0 Å². The minimum Gasteiger partial charge on any atom is -0.497 e. The molecule has 0 aliphatic carbocycles. The summed E-state index contributed by atoms with van der Waals surface area (Å²) in [5.41, 5.74) is 0.657. The predicted octanol–water partition coefficient (Wildman–Crippen LogP) is 3.54. The Labute approximate surface area is 192 Å². The van der Waals surface area contributed by atoms with Crippen LogP contribution in [-0.2, 0) is 9.59 Å². The number of imide groups is 2. The third kappa shape index (κ3) is 4.71. The van der Waals surface area contributed by atoms with Crippen LogP contribution in [-0.4, -0.2) is 38.7 Å². The van der Waals surface area contributed by atoms with Crippen LogP contribution in [0, 0.1) is 3.57 Å². The third-order valence-corrected chi connectivity index (χ3v) is 5.14. The molecule has 1 aliphatic heterocycles. The van der Waals surface area contributed by atoms with Gasteiger partial charge in [0.05, 0.1) is 23.5 Å². The van der Waals surface area contributed by atoms with Gasteiger partial charge in [0.15, 0.2) is 11.5 Å². The number of barbiturate groups is 1. The number of benzene rings is 2. The van der Waals surface area contributed by atoms with E-state index in [1.165, 1.54) is 20.3 Å². The average Bonchev–Trinajstić information content (AvgIpc) is 2.76. The van der Waals surface area contributed by atoms with E-state index >= 15 is 0 Å². The fourth-order valence-corrected chi connectivity index (χ4v) is 3.68. The van der Waals surface area contributed by atoms with Crippen molar-refractivity contribution in [1.29, 1.82) is 0 Å². The number of carbonyl (C=O) groups excluding carboxylic acids is 3. The highest BCUT2D eigenvalue weighted by Gasteiger charge is 2.36. The van der Waals surface area contributed by atoms with E-state index in [1.54, 1.807) is 42.5 Å². The van der Waals surface area contributed by atoms with E-state index < -0.39 is 17.8 Å². The van der Waals surface area contributed by atoms with Crippen LogP contribution >= 0.6 is 22.6 Å². The maximum atomic E-state index is 13.0. The van der Waals surface area contributed by atoms with Crippen molar-refractivity contribution in [1.82, 2.24) is 5.32 Å².